The topological polar surface area (TPSA) is 0 Å². The van der Waals surface area contributed by atoms with Crippen molar-refractivity contribution in [1.29, 1.82) is 0 Å². The molecule has 0 N–H and O–H groups in total. The van der Waals surface area contributed by atoms with E-state index in [9.17, 15) is 0 Å². The van der Waals surface area contributed by atoms with E-state index in [-0.39, 0.29) is 32.5 Å². The van der Waals surface area contributed by atoms with Crippen LogP contribution in [-0.4, -0.2) is 0 Å². The molecule has 0 aromatic rings. The van der Waals surface area contributed by atoms with Crippen LogP contribution in [0.2, 0.25) is 0 Å². The fourth-order valence-corrected chi connectivity index (χ4v) is 3.99. The zero-order chi connectivity index (χ0) is 29.0. The van der Waals surface area contributed by atoms with Crippen LogP contribution in [0.15, 0.2) is 0 Å². The molecule has 6 fully saturated rings. The highest BCUT2D eigenvalue weighted by Crippen LogP contribution is 2.47. The molecule has 6 aliphatic carbocycles. The van der Waals surface area contributed by atoms with Crippen molar-refractivity contribution < 1.29 is 0 Å². The third-order valence-electron chi connectivity index (χ3n) is 8.38. The standard InChI is InChI=1S/C42H26/c1-3-37(25-26-37)15-5-7-17-39(29-30-39)19-9-11-21-41(33-34-41)23-13-14-24-42(35-36-42)22-12-10-20-40(31-32-40)18-8-6-16-38(4-2)27-28-38/h1-2H,25-36H2. The molecule has 0 heteroatoms. The predicted molar refractivity (Wildman–Crippen MR) is 165 cm³/mol. The molecule has 0 radical (unpaired) electrons. The van der Waals surface area contributed by atoms with Crippen LogP contribution >= 0.6 is 0 Å². The molecular weight excluding hydrogens is 504 g/mol. The van der Waals surface area contributed by atoms with E-state index in [0.29, 0.717) is 0 Å². The maximum Gasteiger partial charge on any atom is 0.0940 e. The van der Waals surface area contributed by atoms with Gasteiger partial charge in [0, 0.05) is 0 Å². The van der Waals surface area contributed by atoms with Gasteiger partial charge in [0.2, 0.25) is 0 Å². The molecule has 194 valence electrons. The van der Waals surface area contributed by atoms with Gasteiger partial charge >= 0.3 is 0 Å². The van der Waals surface area contributed by atoms with E-state index in [1.54, 1.807) is 0 Å². The molecule has 0 nitrogen and oxygen atoms in total. The molecule has 0 aromatic heterocycles. The first-order chi connectivity index (χ1) is 20.4. The highest BCUT2D eigenvalue weighted by Gasteiger charge is 2.42. The van der Waals surface area contributed by atoms with Crippen LogP contribution < -0.4 is 0 Å². The molecule has 6 rings (SSSR count). The van der Waals surface area contributed by atoms with E-state index in [1.807, 2.05) is 0 Å². The van der Waals surface area contributed by atoms with E-state index in [2.05, 4.69) is 130 Å². The van der Waals surface area contributed by atoms with E-state index in [4.69, 9.17) is 12.8 Å². The van der Waals surface area contributed by atoms with Gasteiger partial charge in [-0.15, -0.1) is 12.8 Å². The summed E-state index contributed by atoms with van der Waals surface area (Å²) in [5, 5.41) is 0. The largest absolute Gasteiger partial charge is 0.118 e. The first-order valence-corrected chi connectivity index (χ1v) is 14.6. The lowest BCUT2D eigenvalue weighted by molar-refractivity contribution is 0.937. The second-order valence-corrected chi connectivity index (χ2v) is 12.3. The average molecular weight is 531 g/mol. The fourth-order valence-electron chi connectivity index (χ4n) is 3.99. The summed E-state index contributed by atoms with van der Waals surface area (Å²) in [4.78, 5) is 0. The van der Waals surface area contributed by atoms with E-state index >= 15 is 0 Å². The van der Waals surface area contributed by atoms with Crippen molar-refractivity contribution in [1.82, 2.24) is 0 Å². The van der Waals surface area contributed by atoms with Gasteiger partial charge in [0.15, 0.2) is 0 Å². The molecule has 0 amide bonds. The molecule has 0 aliphatic heterocycles. The van der Waals surface area contributed by atoms with Crippen LogP contribution in [0.3, 0.4) is 0 Å². The fraction of sp³-hybridized carbons (Fsp3) is 0.429. The Bertz CT molecular complexity index is 1820. The van der Waals surface area contributed by atoms with Crippen molar-refractivity contribution >= 4 is 0 Å². The summed E-state index contributed by atoms with van der Waals surface area (Å²) >= 11 is 0. The summed E-state index contributed by atoms with van der Waals surface area (Å²) in [6.07, 6.45) is 22.6. The Balaban J connectivity index is 1.01. The Labute approximate surface area is 252 Å². The smallest absolute Gasteiger partial charge is 0.0940 e. The van der Waals surface area contributed by atoms with Gasteiger partial charge in [-0.3, -0.25) is 0 Å². The second kappa shape index (κ2) is 10.3. The lowest BCUT2D eigenvalue weighted by Crippen LogP contribution is -1.92. The minimum absolute atomic E-state index is 0.220. The monoisotopic (exact) mass is 530 g/mol. The summed E-state index contributed by atoms with van der Waals surface area (Å²) in [6, 6.07) is 0. The van der Waals surface area contributed by atoms with Gasteiger partial charge in [0.05, 0.1) is 32.5 Å². The first kappa shape index (κ1) is 26.9. The Kier molecular flexibility index (Phi) is 6.59. The summed E-state index contributed by atoms with van der Waals surface area (Å²) in [7, 11) is 0. The van der Waals surface area contributed by atoms with Crippen LogP contribution in [-0.2, 0) is 0 Å². The lowest BCUT2D eigenvalue weighted by Gasteiger charge is -1.92. The van der Waals surface area contributed by atoms with Crippen molar-refractivity contribution in [2.75, 3.05) is 0 Å². The van der Waals surface area contributed by atoms with Crippen molar-refractivity contribution in [2.24, 2.45) is 32.5 Å². The number of hydrogen-bond acceptors (Lipinski definition) is 0. The molecule has 0 heterocycles. The molecule has 6 saturated carbocycles. The minimum atomic E-state index is -0.275. The number of rotatable bonds is 0. The van der Waals surface area contributed by atoms with Gasteiger partial charge in [-0.25, -0.2) is 0 Å². The summed E-state index contributed by atoms with van der Waals surface area (Å²) < 4.78 is 0. The molecule has 0 atom stereocenters. The predicted octanol–water partition coefficient (Wildman–Crippen LogP) is 4.97. The van der Waals surface area contributed by atoms with Gasteiger partial charge in [0.25, 0.3) is 0 Å². The van der Waals surface area contributed by atoms with Crippen molar-refractivity contribution in [3.8, 4) is 143 Å². The zero-order valence-electron chi connectivity index (χ0n) is 23.6. The molecule has 0 aromatic carbocycles. The van der Waals surface area contributed by atoms with E-state index in [0.717, 1.165) is 77.0 Å². The van der Waals surface area contributed by atoms with Gasteiger partial charge in [-0.2, -0.15) is 0 Å². The van der Waals surface area contributed by atoms with E-state index in [1.165, 1.54) is 0 Å². The van der Waals surface area contributed by atoms with Crippen LogP contribution in [0.5, 0.6) is 0 Å². The lowest BCUT2D eigenvalue weighted by atomic mass is 10.1. The summed E-state index contributed by atoms with van der Waals surface area (Å²) in [5.74, 6) is 67.4. The first-order valence-electron chi connectivity index (χ1n) is 14.6. The van der Waals surface area contributed by atoms with Gasteiger partial charge in [-0.05, 0) is 136 Å². The Morgan fingerprint density at radius 1 is 0.238 bits per heavy atom. The molecule has 0 bridgehead atoms. The average Bonchev–Trinajstić information content (AvgIpc) is 3.80. The minimum Gasteiger partial charge on any atom is -0.118 e. The van der Waals surface area contributed by atoms with Crippen LogP contribution in [0.4, 0.5) is 0 Å². The quantitative estimate of drug-likeness (QED) is 0.388. The highest BCUT2D eigenvalue weighted by molar-refractivity contribution is 5.49. The Morgan fingerprint density at radius 2 is 0.381 bits per heavy atom. The van der Waals surface area contributed by atoms with Gasteiger partial charge < -0.3 is 0 Å². The van der Waals surface area contributed by atoms with Crippen molar-refractivity contribution in [3.63, 3.8) is 0 Å². The maximum absolute atomic E-state index is 5.52. The zero-order valence-corrected chi connectivity index (χ0v) is 23.6. The summed E-state index contributed by atoms with van der Waals surface area (Å²) in [6.45, 7) is 0. The van der Waals surface area contributed by atoms with Crippen molar-refractivity contribution in [2.45, 2.75) is 77.0 Å². The molecule has 0 saturated heterocycles. The van der Waals surface area contributed by atoms with Gasteiger partial charge in [0.1, 0.15) is 0 Å². The maximum atomic E-state index is 5.52. The Hall–Kier alpha value is -5.28. The second-order valence-electron chi connectivity index (χ2n) is 12.3. The number of hydrogen-bond donors (Lipinski definition) is 0. The van der Waals surface area contributed by atoms with Crippen LogP contribution in [0.25, 0.3) is 0 Å². The van der Waals surface area contributed by atoms with Crippen LogP contribution in [0.1, 0.15) is 77.0 Å². The third-order valence-corrected chi connectivity index (χ3v) is 8.38. The molecule has 42 heavy (non-hydrogen) atoms. The van der Waals surface area contributed by atoms with E-state index < -0.39 is 0 Å². The van der Waals surface area contributed by atoms with Crippen molar-refractivity contribution in [3.05, 3.63) is 0 Å². The molecule has 0 spiro atoms. The SMILES string of the molecule is C#CC1(C#CC#CC2(C#CC#CC3(C#CC#CC4(C#CC#CC5(C#CC#CC6(C#C)CC6)CC5)CC4)CC3)CC2)CC1. The third kappa shape index (κ3) is 6.89. The van der Waals surface area contributed by atoms with Crippen LogP contribution in [0, 0.1) is 176 Å². The van der Waals surface area contributed by atoms with Gasteiger partial charge in [-0.1, -0.05) is 71.0 Å². The highest BCUT2D eigenvalue weighted by atomic mass is 14.4. The number of terminal acetylenes is 2. The normalized spacial score (nSPS) is 22.7. The molecular formula is C42H26. The molecule has 6 aliphatic rings. The summed E-state index contributed by atoms with van der Waals surface area (Å²) in [5.41, 5.74) is -1.49. The Morgan fingerprint density at radius 3 is 0.500 bits per heavy atom. The molecule has 0 unspecified atom stereocenters.